The number of ether oxygens (including phenoxy) is 4. The van der Waals surface area contributed by atoms with Gasteiger partial charge in [-0.05, 0) is 85.1 Å². The first-order valence-corrected chi connectivity index (χ1v) is 17.4. The molecule has 54 heavy (non-hydrogen) atoms. The molecule has 2 aromatic heterocycles. The fourth-order valence-electron chi connectivity index (χ4n) is 4.62. The molecule has 2 aromatic carbocycles. The van der Waals surface area contributed by atoms with Crippen LogP contribution in [0.3, 0.4) is 0 Å². The van der Waals surface area contributed by atoms with Crippen molar-refractivity contribution in [3.05, 3.63) is 112 Å². The molecule has 4 aromatic rings. The lowest BCUT2D eigenvalue weighted by molar-refractivity contribution is -0.166. The third-order valence-electron chi connectivity index (χ3n) is 7.50. The molecule has 0 radical (unpaired) electrons. The van der Waals surface area contributed by atoms with E-state index in [1.54, 1.807) is 44.2 Å². The minimum Gasteiger partial charge on any atom is -0.463 e. The average Bonchev–Trinajstić information content (AvgIpc) is 3.16. The van der Waals surface area contributed by atoms with Crippen molar-refractivity contribution >= 4 is 76.7 Å². The van der Waals surface area contributed by atoms with E-state index in [0.29, 0.717) is 21.8 Å². The van der Waals surface area contributed by atoms with E-state index in [-0.39, 0.29) is 24.8 Å². The van der Waals surface area contributed by atoms with Crippen LogP contribution in [-0.4, -0.2) is 75.3 Å². The number of anilines is 2. The number of amides is 2. The van der Waals surface area contributed by atoms with Gasteiger partial charge in [0.1, 0.15) is 4.60 Å². The second-order valence-corrected chi connectivity index (χ2v) is 12.4. The Hall–Kier alpha value is -5.84. The number of fused-ring (bicyclic) bond motifs is 2. The van der Waals surface area contributed by atoms with E-state index in [1.165, 1.54) is 19.8 Å². The van der Waals surface area contributed by atoms with E-state index < -0.39 is 42.1 Å². The molecule has 2 aliphatic rings. The molecule has 4 heterocycles. The number of rotatable bonds is 8. The van der Waals surface area contributed by atoms with Crippen molar-refractivity contribution in [2.75, 3.05) is 23.8 Å². The van der Waals surface area contributed by atoms with Crippen molar-refractivity contribution in [3.8, 4) is 11.5 Å². The number of pyridine rings is 2. The lowest BCUT2D eigenvalue weighted by atomic mass is 9.91. The molecule has 6 rings (SSSR count). The highest BCUT2D eigenvalue weighted by Gasteiger charge is 2.50. The Morgan fingerprint density at radius 3 is 1.67 bits per heavy atom. The predicted octanol–water partition coefficient (Wildman–Crippen LogP) is 5.11. The summed E-state index contributed by atoms with van der Waals surface area (Å²) in [5.41, 5.74) is -0.742. The van der Waals surface area contributed by atoms with Gasteiger partial charge in [0, 0.05) is 0 Å². The molecule has 0 aliphatic carbocycles. The van der Waals surface area contributed by atoms with E-state index in [2.05, 4.69) is 36.5 Å². The quantitative estimate of drug-likeness (QED) is 0.0797. The van der Waals surface area contributed by atoms with Gasteiger partial charge in [-0.1, -0.05) is 78.8 Å². The SMILES string of the molecule is CCOC(=O)C1(C)Oc2ccc(/C=C/c3ccccc3)nc2NC1=O.CCOC(=O)C1(C)Oc2ccc(Br)nc2NC1=O.OB(O)/C=C/c1ccccc1. The van der Waals surface area contributed by atoms with Crippen molar-refractivity contribution in [2.45, 2.75) is 38.9 Å². The standard InChI is InChI=1S/C19H18N2O4.C11H11BrN2O4.C8H9BO2/c1-3-24-18(23)19(2)17(22)21-16-15(25-19)12-11-14(20-16)10-9-13-7-5-4-6-8-13;1-3-17-10(16)11(2)9(15)14-8-6(18-11)4-5-7(12)13-8;10-9(11)7-6-8-4-2-1-3-5-8/h4-12H,3H2,1-2H3,(H,20,21,22);4-5H,3H2,1-2H3,(H,13,14,15);1-7,10-11H/b10-9+;;7-6+. The molecular formula is C38H38BBrN4O10. The summed E-state index contributed by atoms with van der Waals surface area (Å²) in [6, 6.07) is 26.0. The molecule has 2 amide bonds. The number of aromatic nitrogens is 2. The van der Waals surface area contributed by atoms with Crippen LogP contribution in [0.25, 0.3) is 18.2 Å². The van der Waals surface area contributed by atoms with Crippen LogP contribution in [0, 0.1) is 0 Å². The molecule has 0 saturated heterocycles. The maximum atomic E-state index is 12.3. The highest BCUT2D eigenvalue weighted by Crippen LogP contribution is 2.35. The summed E-state index contributed by atoms with van der Waals surface area (Å²) >= 11 is 3.18. The lowest BCUT2D eigenvalue weighted by Crippen LogP contribution is -2.55. The normalized spacial score (nSPS) is 18.1. The van der Waals surface area contributed by atoms with E-state index in [4.69, 9.17) is 29.0 Å². The smallest absolute Gasteiger partial charge is 0.463 e. The summed E-state index contributed by atoms with van der Waals surface area (Å²) in [7, 11) is -1.37. The number of halogens is 1. The van der Waals surface area contributed by atoms with Gasteiger partial charge >= 0.3 is 19.1 Å². The van der Waals surface area contributed by atoms with Gasteiger partial charge in [0.15, 0.2) is 23.1 Å². The first-order chi connectivity index (χ1) is 25.8. The van der Waals surface area contributed by atoms with Gasteiger partial charge in [0.2, 0.25) is 0 Å². The Balaban J connectivity index is 0.000000195. The topological polar surface area (TPSA) is 196 Å². The number of nitrogens with zero attached hydrogens (tertiary/aromatic N) is 2. The van der Waals surface area contributed by atoms with Gasteiger partial charge < -0.3 is 39.6 Å². The summed E-state index contributed by atoms with van der Waals surface area (Å²) in [4.78, 5) is 56.4. The molecule has 2 unspecified atom stereocenters. The second kappa shape index (κ2) is 18.8. The monoisotopic (exact) mass is 800 g/mol. The van der Waals surface area contributed by atoms with Gasteiger partial charge in [-0.3, -0.25) is 9.59 Å². The zero-order valence-corrected chi connectivity index (χ0v) is 31.4. The number of hydrogen-bond acceptors (Lipinski definition) is 12. The highest BCUT2D eigenvalue weighted by atomic mass is 79.9. The number of carbonyl (C=O) groups is 4. The average molecular weight is 801 g/mol. The van der Waals surface area contributed by atoms with Crippen molar-refractivity contribution in [1.82, 2.24) is 9.97 Å². The van der Waals surface area contributed by atoms with Crippen molar-refractivity contribution in [1.29, 1.82) is 0 Å². The maximum absolute atomic E-state index is 12.3. The van der Waals surface area contributed by atoms with Gasteiger partial charge in [0.25, 0.3) is 23.0 Å². The summed E-state index contributed by atoms with van der Waals surface area (Å²) in [6.45, 7) is 6.42. The molecule has 4 N–H and O–H groups in total. The third kappa shape index (κ3) is 10.6. The number of carbonyl (C=O) groups excluding carboxylic acids is 4. The molecule has 16 heteroatoms. The Morgan fingerprint density at radius 1 is 0.722 bits per heavy atom. The maximum Gasteiger partial charge on any atom is 0.480 e. The zero-order chi connectivity index (χ0) is 39.3. The van der Waals surface area contributed by atoms with Gasteiger partial charge in [0.05, 0.1) is 18.9 Å². The van der Waals surface area contributed by atoms with Crippen LogP contribution >= 0.6 is 15.9 Å². The van der Waals surface area contributed by atoms with Crippen LogP contribution in [0.2, 0.25) is 0 Å². The van der Waals surface area contributed by atoms with E-state index >= 15 is 0 Å². The van der Waals surface area contributed by atoms with Crippen LogP contribution in [0.15, 0.2) is 95.5 Å². The van der Waals surface area contributed by atoms with Crippen molar-refractivity contribution < 1.29 is 48.2 Å². The number of hydrogen-bond donors (Lipinski definition) is 4. The van der Waals surface area contributed by atoms with Crippen LogP contribution in [0.5, 0.6) is 11.5 Å². The molecule has 0 saturated carbocycles. The van der Waals surface area contributed by atoms with Crippen LogP contribution in [0.4, 0.5) is 11.6 Å². The predicted molar refractivity (Wildman–Crippen MR) is 206 cm³/mol. The lowest BCUT2D eigenvalue weighted by Gasteiger charge is -2.31. The first-order valence-electron chi connectivity index (χ1n) is 16.6. The molecule has 14 nitrogen and oxygen atoms in total. The van der Waals surface area contributed by atoms with Crippen molar-refractivity contribution in [3.63, 3.8) is 0 Å². The summed E-state index contributed by atoms with van der Waals surface area (Å²) in [5, 5.41) is 22.1. The fraction of sp³-hybridized carbons (Fsp3) is 0.211. The van der Waals surface area contributed by atoms with Gasteiger partial charge in [-0.2, -0.15) is 0 Å². The zero-order valence-electron chi connectivity index (χ0n) is 29.8. The first kappa shape index (κ1) is 40.9. The minimum atomic E-state index is -1.72. The number of benzene rings is 2. The third-order valence-corrected chi connectivity index (χ3v) is 7.94. The summed E-state index contributed by atoms with van der Waals surface area (Å²) in [5.74, 6) is -0.134. The van der Waals surface area contributed by atoms with E-state index in [9.17, 15) is 19.2 Å². The molecule has 0 bridgehead atoms. The Bertz CT molecular complexity index is 2020. The largest absolute Gasteiger partial charge is 0.480 e. The molecule has 2 atom stereocenters. The second-order valence-electron chi connectivity index (χ2n) is 11.6. The molecule has 0 fully saturated rings. The fourth-order valence-corrected chi connectivity index (χ4v) is 4.93. The molecular weight excluding hydrogens is 763 g/mol. The van der Waals surface area contributed by atoms with Crippen LogP contribution in [-0.2, 0) is 28.7 Å². The summed E-state index contributed by atoms with van der Waals surface area (Å²) < 4.78 is 21.3. The number of esters is 2. The van der Waals surface area contributed by atoms with Crippen LogP contribution < -0.4 is 20.1 Å². The number of nitrogens with one attached hydrogen (secondary N) is 2. The summed E-state index contributed by atoms with van der Waals surface area (Å²) in [6.07, 6.45) is 5.41. The molecule has 2 aliphatic heterocycles. The van der Waals surface area contributed by atoms with Crippen molar-refractivity contribution in [2.24, 2.45) is 0 Å². The Kier molecular flexibility index (Phi) is 14.2. The van der Waals surface area contributed by atoms with E-state index in [0.717, 1.165) is 11.1 Å². The molecule has 280 valence electrons. The van der Waals surface area contributed by atoms with Crippen LogP contribution in [0.1, 0.15) is 44.5 Å². The Labute approximate surface area is 320 Å². The van der Waals surface area contributed by atoms with E-state index in [1.807, 2.05) is 72.8 Å². The Morgan fingerprint density at radius 2 is 1.19 bits per heavy atom. The highest BCUT2D eigenvalue weighted by molar-refractivity contribution is 9.10. The van der Waals surface area contributed by atoms with Gasteiger partial charge in [-0.25, -0.2) is 19.6 Å². The minimum absolute atomic E-state index is 0.166. The van der Waals surface area contributed by atoms with Gasteiger partial charge in [-0.15, -0.1) is 0 Å². The molecule has 0 spiro atoms.